The summed E-state index contributed by atoms with van der Waals surface area (Å²) >= 11 is 0. The number of nitrogens with one attached hydrogen (secondary N) is 3. The topological polar surface area (TPSA) is 251 Å². The third-order valence-electron chi connectivity index (χ3n) is 11.3. The van der Waals surface area contributed by atoms with Gasteiger partial charge in [-0.15, -0.1) is 5.10 Å². The van der Waals surface area contributed by atoms with Crippen LogP contribution in [0.4, 0.5) is 0 Å². The first-order valence-corrected chi connectivity index (χ1v) is 22.4. The second-order valence-electron chi connectivity index (χ2n) is 16.8. The number of ether oxygens (including phenoxy) is 7. The number of amides is 2. The van der Waals surface area contributed by atoms with Crippen molar-refractivity contribution in [3.63, 3.8) is 0 Å². The van der Waals surface area contributed by atoms with Crippen molar-refractivity contribution < 1.29 is 66.7 Å². The Morgan fingerprint density at radius 1 is 0.896 bits per heavy atom. The van der Waals surface area contributed by atoms with Crippen LogP contribution in [0.5, 0.6) is 5.75 Å². The Labute approximate surface area is 389 Å². The van der Waals surface area contributed by atoms with E-state index in [0.717, 1.165) is 71.2 Å². The number of nitrogens with zero attached hydrogens (tertiary/aromatic N) is 3. The fraction of sp³-hybridized carbons (Fsp3) is 0.553. The summed E-state index contributed by atoms with van der Waals surface area (Å²) in [5.41, 5.74) is 2.94. The van der Waals surface area contributed by atoms with E-state index in [4.69, 9.17) is 33.2 Å². The van der Waals surface area contributed by atoms with Crippen molar-refractivity contribution in [1.29, 1.82) is 0 Å². The maximum atomic E-state index is 14.1. The molecule has 2 unspecified atom stereocenters. The molecule has 20 nitrogen and oxygen atoms in total. The fourth-order valence-corrected chi connectivity index (χ4v) is 8.44. The summed E-state index contributed by atoms with van der Waals surface area (Å²) in [5, 5.41) is 17.3. The normalized spacial score (nSPS) is 20.4. The van der Waals surface area contributed by atoms with Crippen LogP contribution in [0.1, 0.15) is 111 Å². The average molecular weight is 935 g/mol. The highest BCUT2D eigenvalue weighted by molar-refractivity contribution is 5.95. The van der Waals surface area contributed by atoms with E-state index in [0.29, 0.717) is 30.6 Å². The first kappa shape index (κ1) is 51.7. The monoisotopic (exact) mass is 934 g/mol. The molecule has 1 aliphatic heterocycles. The number of hydrogen-bond donors (Lipinski definition) is 3. The summed E-state index contributed by atoms with van der Waals surface area (Å²) in [5.74, 6) is -7.32. The van der Waals surface area contributed by atoms with Crippen molar-refractivity contribution >= 4 is 41.7 Å². The zero-order valence-corrected chi connectivity index (χ0v) is 39.1. The molecule has 0 radical (unpaired) electrons. The number of aryl methyl sites for hydroxylation is 2. The summed E-state index contributed by atoms with van der Waals surface area (Å²) < 4.78 is 42.1. The lowest BCUT2D eigenvalue weighted by atomic mass is 9.87. The lowest BCUT2D eigenvalue weighted by Crippen LogP contribution is -2.69. The molecule has 0 bridgehead atoms. The highest BCUT2D eigenvalue weighted by Crippen LogP contribution is 2.37. The molecule has 6 atom stereocenters. The molecule has 0 spiro atoms. The predicted octanol–water partition coefficient (Wildman–Crippen LogP) is 3.43. The van der Waals surface area contributed by atoms with Crippen molar-refractivity contribution in [3.8, 4) is 5.75 Å². The molecule has 5 rings (SSSR count). The Hall–Kier alpha value is -6.25. The van der Waals surface area contributed by atoms with Crippen molar-refractivity contribution in [1.82, 2.24) is 30.9 Å². The van der Waals surface area contributed by atoms with Crippen LogP contribution in [0, 0.1) is 13.8 Å². The maximum Gasteiger partial charge on any atom is 0.366 e. The molecule has 1 saturated carbocycles. The van der Waals surface area contributed by atoms with Gasteiger partial charge in [-0.2, -0.15) is 0 Å². The van der Waals surface area contributed by atoms with Gasteiger partial charge in [0, 0.05) is 51.9 Å². The maximum absolute atomic E-state index is 14.1. The largest absolute Gasteiger partial charge is 0.465 e. The lowest BCUT2D eigenvalue weighted by Gasteiger charge is -2.48. The van der Waals surface area contributed by atoms with Gasteiger partial charge in [0.05, 0.1) is 38.4 Å². The second kappa shape index (κ2) is 24.5. The number of carbonyl (C=O) groups is 7. The average Bonchev–Trinajstić information content (AvgIpc) is 3.75. The van der Waals surface area contributed by atoms with Crippen molar-refractivity contribution in [2.75, 3.05) is 26.8 Å². The summed E-state index contributed by atoms with van der Waals surface area (Å²) in [4.78, 5) is 92.2. The predicted molar refractivity (Wildman–Crippen MR) is 237 cm³/mol. The van der Waals surface area contributed by atoms with Gasteiger partial charge in [0.15, 0.2) is 12.2 Å². The van der Waals surface area contributed by atoms with Crippen LogP contribution in [0.2, 0.25) is 0 Å². The number of rotatable bonds is 21. The number of benzene rings is 2. The third-order valence-corrected chi connectivity index (χ3v) is 11.3. The van der Waals surface area contributed by atoms with Gasteiger partial charge in [0.1, 0.15) is 24.5 Å². The Morgan fingerprint density at radius 2 is 1.58 bits per heavy atom. The van der Waals surface area contributed by atoms with Crippen LogP contribution >= 0.6 is 0 Å². The summed E-state index contributed by atoms with van der Waals surface area (Å²) in [6.07, 6.45) is 0.294. The van der Waals surface area contributed by atoms with E-state index < -0.39 is 90.9 Å². The van der Waals surface area contributed by atoms with Gasteiger partial charge in [-0.25, -0.2) is 9.48 Å². The molecule has 1 saturated heterocycles. The van der Waals surface area contributed by atoms with E-state index in [2.05, 4.69) is 26.3 Å². The zero-order valence-electron chi connectivity index (χ0n) is 39.1. The van der Waals surface area contributed by atoms with E-state index in [-0.39, 0.29) is 30.4 Å². The van der Waals surface area contributed by atoms with Gasteiger partial charge in [0.25, 0.3) is 11.7 Å². The van der Waals surface area contributed by atoms with Gasteiger partial charge in [-0.1, -0.05) is 54.8 Å². The molecule has 3 aromatic rings. The summed E-state index contributed by atoms with van der Waals surface area (Å²) in [6.45, 7) is 7.92. The Bertz CT molecular complexity index is 2190. The number of carbonyl (C=O) groups excluding carboxylic acids is 7. The highest BCUT2D eigenvalue weighted by atomic mass is 16.7. The van der Waals surface area contributed by atoms with Gasteiger partial charge in [0.2, 0.25) is 5.91 Å². The third kappa shape index (κ3) is 14.9. The minimum absolute atomic E-state index is 0.0974. The van der Waals surface area contributed by atoms with Gasteiger partial charge < -0.3 is 49.1 Å². The van der Waals surface area contributed by atoms with Crippen LogP contribution in [0.3, 0.4) is 0 Å². The molecule has 2 amide bonds. The Balaban J connectivity index is 1.50. The quantitative estimate of drug-likeness (QED) is 0.0599. The molecule has 2 aromatic carbocycles. The molecule has 1 aliphatic carbocycles. The molecule has 2 aliphatic rings. The molecular formula is C47H62N6O14. The summed E-state index contributed by atoms with van der Waals surface area (Å²) in [6, 6.07) is 11.3. The molecular weight excluding hydrogens is 873 g/mol. The first-order valence-electron chi connectivity index (χ1n) is 22.4. The number of esters is 5. The van der Waals surface area contributed by atoms with Gasteiger partial charge in [-0.3, -0.25) is 28.8 Å². The number of hydrogen-bond acceptors (Lipinski definition) is 17. The van der Waals surface area contributed by atoms with Crippen LogP contribution in [0.25, 0.3) is 0 Å². The molecule has 2 heterocycles. The standard InChI is InChI=1S/C47H62N6O14/c1-28-21-36(22-29(2)42(28)65-32(5)56)45(59)49-25-39(64-31(4)55)43(66-33(6)57)44-41(50-40(58)27-53-26-37(51-52-53)35-17-12-9-13-18-35)38(63-30(3)54)23-47(67-44,46(60)61-7)62-20-14-19-48-24-34-15-10-8-11-16-34/h8,10-11,15-16,21-22,26,35,38-39,41,43-44,48H,9,12-14,17-20,23-25,27H2,1-7H3,(H,49,59)(H,50,58)/t38?,39-,41-,43-,44?,47-/m1/s1. The minimum Gasteiger partial charge on any atom is -0.465 e. The molecule has 2 fully saturated rings. The van der Waals surface area contributed by atoms with Crippen LogP contribution < -0.4 is 20.7 Å². The Morgan fingerprint density at radius 3 is 2.21 bits per heavy atom. The number of methoxy groups -OCH3 is 1. The van der Waals surface area contributed by atoms with E-state index in [1.807, 2.05) is 30.3 Å². The van der Waals surface area contributed by atoms with Gasteiger partial charge in [-0.05, 0) is 68.5 Å². The molecule has 3 N–H and O–H groups in total. The Kier molecular flexibility index (Phi) is 18.9. The lowest BCUT2D eigenvalue weighted by molar-refractivity contribution is -0.313. The van der Waals surface area contributed by atoms with Crippen molar-refractivity contribution in [2.45, 2.75) is 142 Å². The molecule has 67 heavy (non-hydrogen) atoms. The van der Waals surface area contributed by atoms with Crippen LogP contribution in [0.15, 0.2) is 48.7 Å². The van der Waals surface area contributed by atoms with Crippen molar-refractivity contribution in [2.24, 2.45) is 0 Å². The first-order chi connectivity index (χ1) is 32.0. The molecule has 1 aromatic heterocycles. The smallest absolute Gasteiger partial charge is 0.366 e. The summed E-state index contributed by atoms with van der Waals surface area (Å²) in [7, 11) is 1.10. The zero-order chi connectivity index (χ0) is 48.7. The van der Waals surface area contributed by atoms with Crippen LogP contribution in [-0.2, 0) is 70.3 Å². The minimum atomic E-state index is -2.35. The fourth-order valence-electron chi connectivity index (χ4n) is 8.44. The van der Waals surface area contributed by atoms with E-state index in [9.17, 15) is 33.6 Å². The molecule has 20 heteroatoms. The van der Waals surface area contributed by atoms with E-state index >= 15 is 0 Å². The van der Waals surface area contributed by atoms with E-state index in [1.54, 1.807) is 20.0 Å². The number of aromatic nitrogens is 3. The second-order valence-corrected chi connectivity index (χ2v) is 16.8. The highest BCUT2D eigenvalue weighted by Gasteiger charge is 2.59. The van der Waals surface area contributed by atoms with E-state index in [1.165, 1.54) is 23.7 Å². The van der Waals surface area contributed by atoms with Gasteiger partial charge >= 0.3 is 29.8 Å². The van der Waals surface area contributed by atoms with Crippen molar-refractivity contribution in [3.05, 3.63) is 76.6 Å². The SMILES string of the molecule is COC(=O)[C@@]1(OCCCNCc2ccccc2)CC(OC(C)=O)[C@@H](NC(=O)Cn2cc(C3CCCCC3)nn2)C([C@H](OC(C)=O)[C@@H](CNC(=O)c2cc(C)c(OC(C)=O)c(C)c2)OC(C)=O)O1. The molecule has 364 valence electrons. The van der Waals surface area contributed by atoms with Crippen LogP contribution in [-0.4, -0.2) is 120 Å².